The van der Waals surface area contributed by atoms with Gasteiger partial charge in [-0.3, -0.25) is 0 Å². The summed E-state index contributed by atoms with van der Waals surface area (Å²) in [6.07, 6.45) is 0. The number of nitrogens with one attached hydrogen (secondary N) is 1. The van der Waals surface area contributed by atoms with Gasteiger partial charge in [0.2, 0.25) is 10.0 Å². The second-order valence-electron chi connectivity index (χ2n) is 4.63. The largest absolute Gasteiger partial charge is 0.329 e. The Hall–Kier alpha value is -0.140. The molecule has 3 N–H and O–H groups in total. The van der Waals surface area contributed by atoms with Crippen molar-refractivity contribution in [3.63, 3.8) is 0 Å². The van der Waals surface area contributed by atoms with Gasteiger partial charge in [-0.05, 0) is 54.4 Å². The van der Waals surface area contributed by atoms with Crippen molar-refractivity contribution in [1.29, 1.82) is 0 Å². The van der Waals surface area contributed by atoms with Gasteiger partial charge in [-0.15, -0.1) is 12.4 Å². The zero-order valence-corrected chi connectivity index (χ0v) is 13.7. The van der Waals surface area contributed by atoms with Gasteiger partial charge in [-0.1, -0.05) is 6.07 Å². The lowest BCUT2D eigenvalue weighted by molar-refractivity contribution is 0.462. The topological polar surface area (TPSA) is 72.2 Å². The molecule has 0 aromatic heterocycles. The molecule has 0 radical (unpaired) electrons. The predicted octanol–water partition coefficient (Wildman–Crippen LogP) is 2.19. The normalized spacial score (nSPS) is 12.1. The third-order valence-electron chi connectivity index (χ3n) is 2.30. The van der Waals surface area contributed by atoms with Gasteiger partial charge in [-0.25, -0.2) is 13.1 Å². The zero-order valence-electron chi connectivity index (χ0n) is 10.5. The fourth-order valence-corrected chi connectivity index (χ4v) is 3.90. The fourth-order valence-electron chi connectivity index (χ4n) is 1.28. The van der Waals surface area contributed by atoms with E-state index in [0.717, 1.165) is 5.56 Å². The highest BCUT2D eigenvalue weighted by atomic mass is 79.9. The summed E-state index contributed by atoms with van der Waals surface area (Å²) in [5, 5.41) is 0. The van der Waals surface area contributed by atoms with E-state index in [-0.39, 0.29) is 23.8 Å². The first-order valence-electron chi connectivity index (χ1n) is 5.18. The molecule has 1 aromatic carbocycles. The van der Waals surface area contributed by atoms with Crippen molar-refractivity contribution in [2.24, 2.45) is 5.73 Å². The van der Waals surface area contributed by atoms with Crippen LogP contribution in [0.15, 0.2) is 27.6 Å². The molecular formula is C11H18BrClN2O2S. The first kappa shape index (κ1) is 17.9. The lowest BCUT2D eigenvalue weighted by Gasteiger charge is -2.24. The maximum Gasteiger partial charge on any atom is 0.242 e. The molecule has 0 amide bonds. The van der Waals surface area contributed by atoms with Crippen LogP contribution in [0.1, 0.15) is 19.4 Å². The summed E-state index contributed by atoms with van der Waals surface area (Å²) in [7, 11) is -3.55. The Labute approximate surface area is 123 Å². The zero-order chi connectivity index (χ0) is 13.3. The van der Waals surface area contributed by atoms with Crippen LogP contribution in [0.5, 0.6) is 0 Å². The Bertz CT molecular complexity index is 518. The molecule has 7 heteroatoms. The van der Waals surface area contributed by atoms with E-state index in [2.05, 4.69) is 20.7 Å². The molecule has 18 heavy (non-hydrogen) atoms. The highest BCUT2D eigenvalue weighted by molar-refractivity contribution is 9.10. The Morgan fingerprint density at radius 3 is 2.39 bits per heavy atom. The van der Waals surface area contributed by atoms with Crippen molar-refractivity contribution in [2.75, 3.05) is 6.54 Å². The summed E-state index contributed by atoms with van der Waals surface area (Å²) in [6, 6.07) is 5.10. The van der Waals surface area contributed by atoms with E-state index in [4.69, 9.17) is 5.73 Å². The van der Waals surface area contributed by atoms with Gasteiger partial charge in [0.25, 0.3) is 0 Å². The van der Waals surface area contributed by atoms with Crippen LogP contribution in [-0.2, 0) is 10.0 Å². The van der Waals surface area contributed by atoms with E-state index in [0.29, 0.717) is 4.47 Å². The van der Waals surface area contributed by atoms with E-state index in [9.17, 15) is 8.42 Å². The van der Waals surface area contributed by atoms with E-state index in [1.54, 1.807) is 32.0 Å². The van der Waals surface area contributed by atoms with E-state index in [1.807, 2.05) is 6.92 Å². The lowest BCUT2D eigenvalue weighted by Crippen LogP contribution is -2.48. The molecule has 0 aliphatic heterocycles. The van der Waals surface area contributed by atoms with Crippen LogP contribution >= 0.6 is 28.3 Å². The van der Waals surface area contributed by atoms with Crippen LogP contribution in [0.4, 0.5) is 0 Å². The number of hydrogen-bond donors (Lipinski definition) is 2. The SMILES string of the molecule is Cc1ccc(S(=O)(=O)NC(C)(C)CN)c(Br)c1.Cl. The molecule has 104 valence electrons. The number of nitrogens with two attached hydrogens (primary N) is 1. The van der Waals surface area contributed by atoms with Crippen LogP contribution in [0, 0.1) is 6.92 Å². The maximum atomic E-state index is 12.1. The Kier molecular flexibility index (Phi) is 6.29. The molecule has 0 fully saturated rings. The number of hydrogen-bond acceptors (Lipinski definition) is 3. The van der Waals surface area contributed by atoms with E-state index < -0.39 is 15.6 Å². The van der Waals surface area contributed by atoms with Gasteiger partial charge in [0.1, 0.15) is 0 Å². The average molecular weight is 358 g/mol. The van der Waals surface area contributed by atoms with Gasteiger partial charge in [0.15, 0.2) is 0 Å². The highest BCUT2D eigenvalue weighted by Gasteiger charge is 2.26. The average Bonchev–Trinajstić information content (AvgIpc) is 2.15. The van der Waals surface area contributed by atoms with Crippen LogP contribution in [-0.4, -0.2) is 20.5 Å². The highest BCUT2D eigenvalue weighted by Crippen LogP contribution is 2.23. The molecule has 0 spiro atoms. The van der Waals surface area contributed by atoms with Gasteiger partial charge in [0, 0.05) is 16.6 Å². The summed E-state index contributed by atoms with van der Waals surface area (Å²) in [5.74, 6) is 0. The Morgan fingerprint density at radius 2 is 1.94 bits per heavy atom. The standard InChI is InChI=1S/C11H17BrN2O2S.ClH/c1-8-4-5-10(9(12)6-8)17(15,16)14-11(2,3)7-13;/h4-6,14H,7,13H2,1-3H3;1H. The lowest BCUT2D eigenvalue weighted by atomic mass is 10.1. The van der Waals surface area contributed by atoms with Crippen molar-refractivity contribution in [3.05, 3.63) is 28.2 Å². The van der Waals surface area contributed by atoms with Crippen LogP contribution in [0.3, 0.4) is 0 Å². The van der Waals surface area contributed by atoms with Gasteiger partial charge >= 0.3 is 0 Å². The number of rotatable bonds is 4. The molecule has 1 aromatic rings. The molecule has 0 saturated heterocycles. The van der Waals surface area contributed by atoms with Crippen molar-refractivity contribution in [2.45, 2.75) is 31.2 Å². The quantitative estimate of drug-likeness (QED) is 0.867. The Balaban J connectivity index is 0.00000289. The number of sulfonamides is 1. The second-order valence-corrected chi connectivity index (χ2v) is 7.13. The minimum atomic E-state index is -3.55. The minimum Gasteiger partial charge on any atom is -0.329 e. The molecule has 0 bridgehead atoms. The first-order valence-corrected chi connectivity index (χ1v) is 7.46. The number of benzene rings is 1. The Morgan fingerprint density at radius 1 is 1.39 bits per heavy atom. The summed E-state index contributed by atoms with van der Waals surface area (Å²) < 4.78 is 27.4. The van der Waals surface area contributed by atoms with E-state index >= 15 is 0 Å². The molecule has 0 aliphatic rings. The summed E-state index contributed by atoms with van der Waals surface area (Å²) >= 11 is 3.26. The fraction of sp³-hybridized carbons (Fsp3) is 0.455. The van der Waals surface area contributed by atoms with Crippen LogP contribution in [0.2, 0.25) is 0 Å². The third kappa shape index (κ3) is 4.51. The smallest absolute Gasteiger partial charge is 0.242 e. The number of aryl methyl sites for hydroxylation is 1. The van der Waals surface area contributed by atoms with E-state index in [1.165, 1.54) is 0 Å². The molecule has 0 aliphatic carbocycles. The summed E-state index contributed by atoms with van der Waals surface area (Å²) in [4.78, 5) is 0.227. The maximum absolute atomic E-state index is 12.1. The van der Waals surface area contributed by atoms with Gasteiger partial charge in [0.05, 0.1) is 4.90 Å². The number of halogens is 2. The molecule has 0 atom stereocenters. The van der Waals surface area contributed by atoms with Gasteiger partial charge in [-0.2, -0.15) is 0 Å². The first-order chi connectivity index (χ1) is 7.68. The minimum absolute atomic E-state index is 0. The van der Waals surface area contributed by atoms with Crippen molar-refractivity contribution < 1.29 is 8.42 Å². The summed E-state index contributed by atoms with van der Waals surface area (Å²) in [5.41, 5.74) is 5.85. The second kappa shape index (κ2) is 6.34. The van der Waals surface area contributed by atoms with Crippen molar-refractivity contribution in [1.82, 2.24) is 4.72 Å². The molecule has 1 rings (SSSR count). The molecule has 0 unspecified atom stereocenters. The van der Waals surface area contributed by atoms with Gasteiger partial charge < -0.3 is 5.73 Å². The monoisotopic (exact) mass is 356 g/mol. The van der Waals surface area contributed by atoms with Crippen molar-refractivity contribution in [3.8, 4) is 0 Å². The molecule has 0 saturated carbocycles. The molecular weight excluding hydrogens is 340 g/mol. The third-order valence-corrected chi connectivity index (χ3v) is 4.97. The van der Waals surface area contributed by atoms with Crippen molar-refractivity contribution >= 4 is 38.4 Å². The van der Waals surface area contributed by atoms with Crippen LogP contribution < -0.4 is 10.5 Å². The summed E-state index contributed by atoms with van der Waals surface area (Å²) in [6.45, 7) is 5.62. The predicted molar refractivity (Wildman–Crippen MR) is 79.6 cm³/mol. The van der Waals surface area contributed by atoms with Crippen LogP contribution in [0.25, 0.3) is 0 Å². The molecule has 0 heterocycles. The molecule has 4 nitrogen and oxygen atoms in total.